The van der Waals surface area contributed by atoms with Gasteiger partial charge in [-0.3, -0.25) is 9.59 Å². The van der Waals surface area contributed by atoms with Crippen molar-refractivity contribution in [2.75, 3.05) is 32.3 Å². The molecule has 0 aromatic heterocycles. The van der Waals surface area contributed by atoms with E-state index in [1.165, 1.54) is 5.19 Å². The Bertz CT molecular complexity index is 1550. The molecule has 2 amide bonds. The van der Waals surface area contributed by atoms with Crippen molar-refractivity contribution < 1.29 is 28.9 Å². The summed E-state index contributed by atoms with van der Waals surface area (Å²) in [5.74, 6) is 1.09. The van der Waals surface area contributed by atoms with E-state index in [9.17, 15) is 14.7 Å². The minimum atomic E-state index is -2.41. The summed E-state index contributed by atoms with van der Waals surface area (Å²) < 4.78 is 18.3. The number of carbonyl (C=O) groups excluding carboxylic acids is 2. The summed E-state index contributed by atoms with van der Waals surface area (Å²) in [5.41, 5.74) is 1.29. The molecular formula is C36H44N2O6Si. The van der Waals surface area contributed by atoms with Gasteiger partial charge < -0.3 is 29.1 Å². The second kappa shape index (κ2) is 12.3. The molecule has 0 saturated carbocycles. The second-order valence-electron chi connectivity index (χ2n) is 13.2. The summed E-state index contributed by atoms with van der Waals surface area (Å²) in [4.78, 5) is 32.5. The average molecular weight is 629 g/mol. The van der Waals surface area contributed by atoms with E-state index in [4.69, 9.17) is 14.2 Å². The summed E-state index contributed by atoms with van der Waals surface area (Å²) in [6.07, 6.45) is 1.34. The van der Waals surface area contributed by atoms with Gasteiger partial charge in [-0.2, -0.15) is 0 Å². The standard InChI is InChI=1S/C36H44N2O6Si/c1-24-34(45(4,5)29-16-13-27(42-2)14-17-29)32(21-33(40)37-19-9-12-26(37)23-39)44-36(24)30-20-28(43-3)15-18-31(30)38(35(36)41)22-25-10-7-6-8-11-25/h6-8,10-11,13-18,20,24,26,32,34,39H,9,12,19,21-23H2,1-5H3/t24-,26-,32+,34-,36+/m0/s1. The number of ether oxygens (including phenoxy) is 3. The van der Waals surface area contributed by atoms with Crippen LogP contribution >= 0.6 is 0 Å². The number of aliphatic hydroxyl groups excluding tert-OH is 1. The molecule has 0 unspecified atom stereocenters. The predicted molar refractivity (Wildman–Crippen MR) is 177 cm³/mol. The lowest BCUT2D eigenvalue weighted by Gasteiger charge is -2.37. The van der Waals surface area contributed by atoms with Crippen LogP contribution in [0.25, 0.3) is 0 Å². The Hall–Kier alpha value is -3.66. The number of hydrogen-bond donors (Lipinski definition) is 1. The molecule has 45 heavy (non-hydrogen) atoms. The Morgan fingerprint density at radius 1 is 1.02 bits per heavy atom. The molecule has 1 N–H and O–H groups in total. The van der Waals surface area contributed by atoms with E-state index in [-0.39, 0.29) is 42.3 Å². The number of rotatable bonds is 9. The lowest BCUT2D eigenvalue weighted by Crippen LogP contribution is -2.52. The number of anilines is 1. The maximum Gasteiger partial charge on any atom is 0.264 e. The zero-order chi connectivity index (χ0) is 31.9. The van der Waals surface area contributed by atoms with Gasteiger partial charge in [0.15, 0.2) is 5.60 Å². The first kappa shape index (κ1) is 31.3. The fraction of sp³-hybridized carbons (Fsp3) is 0.444. The smallest absolute Gasteiger partial charge is 0.264 e. The normalized spacial score (nSPS) is 26.0. The number of hydrogen-bond acceptors (Lipinski definition) is 6. The van der Waals surface area contributed by atoms with E-state index in [1.54, 1.807) is 14.2 Å². The first-order chi connectivity index (χ1) is 21.6. The molecule has 3 aromatic rings. The van der Waals surface area contributed by atoms with Crippen LogP contribution in [0.3, 0.4) is 0 Å². The first-order valence-corrected chi connectivity index (χ1v) is 19.0. The van der Waals surface area contributed by atoms with Crippen LogP contribution < -0.4 is 19.6 Å². The van der Waals surface area contributed by atoms with Gasteiger partial charge in [0, 0.05) is 18.0 Å². The van der Waals surface area contributed by atoms with Gasteiger partial charge in [0.2, 0.25) is 5.91 Å². The van der Waals surface area contributed by atoms with Crippen LogP contribution in [0.5, 0.6) is 11.5 Å². The highest BCUT2D eigenvalue weighted by Crippen LogP contribution is 2.60. The van der Waals surface area contributed by atoms with Crippen LogP contribution in [0, 0.1) is 5.92 Å². The lowest BCUT2D eigenvalue weighted by molar-refractivity contribution is -0.150. The largest absolute Gasteiger partial charge is 0.497 e. The summed E-state index contributed by atoms with van der Waals surface area (Å²) >= 11 is 0. The first-order valence-electron chi connectivity index (χ1n) is 15.9. The third kappa shape index (κ3) is 5.24. The number of aliphatic hydroxyl groups is 1. The summed E-state index contributed by atoms with van der Waals surface area (Å²) in [6.45, 7) is 7.76. The molecule has 0 aliphatic carbocycles. The number of amides is 2. The fourth-order valence-corrected chi connectivity index (χ4v) is 12.2. The van der Waals surface area contributed by atoms with Crippen LogP contribution in [0.2, 0.25) is 18.6 Å². The summed E-state index contributed by atoms with van der Waals surface area (Å²) in [6, 6.07) is 23.8. The zero-order valence-corrected chi connectivity index (χ0v) is 27.9. The molecule has 8 nitrogen and oxygen atoms in total. The van der Waals surface area contributed by atoms with Crippen molar-refractivity contribution in [2.24, 2.45) is 5.92 Å². The summed E-state index contributed by atoms with van der Waals surface area (Å²) in [7, 11) is 0.883. The van der Waals surface area contributed by atoms with Crippen LogP contribution in [0.4, 0.5) is 5.69 Å². The maximum atomic E-state index is 14.9. The number of methoxy groups -OCH3 is 2. The maximum absolute atomic E-state index is 14.9. The molecule has 3 aliphatic heterocycles. The van der Waals surface area contributed by atoms with Crippen LogP contribution in [-0.4, -0.2) is 69.4 Å². The monoisotopic (exact) mass is 628 g/mol. The quantitative estimate of drug-likeness (QED) is 0.342. The van der Waals surface area contributed by atoms with E-state index in [2.05, 4.69) is 32.2 Å². The van der Waals surface area contributed by atoms with E-state index in [0.29, 0.717) is 18.8 Å². The minimum absolute atomic E-state index is 0.0252. The number of likely N-dealkylation sites (tertiary alicyclic amines) is 1. The molecule has 3 aliphatic rings. The Morgan fingerprint density at radius 2 is 1.71 bits per heavy atom. The lowest BCUT2D eigenvalue weighted by atomic mass is 9.82. The molecule has 2 saturated heterocycles. The van der Waals surface area contributed by atoms with Crippen molar-refractivity contribution in [3.8, 4) is 11.5 Å². The van der Waals surface area contributed by atoms with Gasteiger partial charge in [0.25, 0.3) is 5.91 Å². The number of fused-ring (bicyclic) bond motifs is 2. The Balaban J connectivity index is 1.45. The van der Waals surface area contributed by atoms with Crippen molar-refractivity contribution in [3.05, 3.63) is 83.9 Å². The van der Waals surface area contributed by atoms with Crippen LogP contribution in [-0.2, 0) is 26.5 Å². The topological polar surface area (TPSA) is 88.5 Å². The highest BCUT2D eigenvalue weighted by Gasteiger charge is 2.66. The predicted octanol–water partition coefficient (Wildman–Crippen LogP) is 4.84. The van der Waals surface area contributed by atoms with Crippen molar-refractivity contribution >= 4 is 30.8 Å². The van der Waals surface area contributed by atoms with Gasteiger partial charge in [0.1, 0.15) is 11.5 Å². The Morgan fingerprint density at radius 3 is 2.38 bits per heavy atom. The van der Waals surface area contributed by atoms with Gasteiger partial charge in [-0.1, -0.05) is 67.7 Å². The van der Waals surface area contributed by atoms with Crippen molar-refractivity contribution in [3.63, 3.8) is 0 Å². The van der Waals surface area contributed by atoms with E-state index < -0.39 is 19.8 Å². The molecular weight excluding hydrogens is 584 g/mol. The molecule has 3 aromatic carbocycles. The number of benzene rings is 3. The van der Waals surface area contributed by atoms with Gasteiger partial charge in [-0.05, 0) is 54.3 Å². The molecule has 2 fully saturated rings. The minimum Gasteiger partial charge on any atom is -0.497 e. The number of carbonyl (C=O) groups is 2. The zero-order valence-electron chi connectivity index (χ0n) is 26.9. The molecule has 1 spiro atoms. The van der Waals surface area contributed by atoms with E-state index in [0.717, 1.165) is 35.4 Å². The van der Waals surface area contributed by atoms with Crippen molar-refractivity contribution in [1.29, 1.82) is 0 Å². The highest BCUT2D eigenvalue weighted by atomic mass is 28.3. The van der Waals surface area contributed by atoms with E-state index in [1.807, 2.05) is 70.5 Å². The second-order valence-corrected chi connectivity index (χ2v) is 17.9. The SMILES string of the molecule is COc1ccc([Si](C)(C)[C@@H]2[C@@H](CC(=O)N3CCC[C@H]3CO)O[C@]3(C(=O)N(Cc4ccccc4)c4ccc(OC)cc43)[C@H]2C)cc1. The molecule has 238 valence electrons. The Labute approximate surface area is 266 Å². The molecule has 5 atom stereocenters. The van der Waals surface area contributed by atoms with Gasteiger partial charge in [-0.25, -0.2) is 0 Å². The molecule has 0 bridgehead atoms. The van der Waals surface area contributed by atoms with Crippen molar-refractivity contribution in [1.82, 2.24) is 4.90 Å². The van der Waals surface area contributed by atoms with Gasteiger partial charge in [0.05, 0.1) is 59.7 Å². The third-order valence-corrected chi connectivity index (χ3v) is 14.9. The molecule has 6 rings (SSSR count). The number of nitrogens with zero attached hydrogens (tertiary/aromatic N) is 2. The molecule has 3 heterocycles. The van der Waals surface area contributed by atoms with Gasteiger partial charge >= 0.3 is 0 Å². The average Bonchev–Trinajstić information content (AvgIpc) is 3.72. The molecule has 0 radical (unpaired) electrons. The fourth-order valence-electron chi connectivity index (χ4n) is 8.19. The van der Waals surface area contributed by atoms with Gasteiger partial charge in [-0.15, -0.1) is 0 Å². The van der Waals surface area contributed by atoms with E-state index >= 15 is 0 Å². The third-order valence-electron chi connectivity index (χ3n) is 10.5. The van der Waals surface area contributed by atoms with Crippen molar-refractivity contribution in [2.45, 2.75) is 69.1 Å². The Kier molecular flexibility index (Phi) is 8.54. The highest BCUT2D eigenvalue weighted by molar-refractivity contribution is 6.91. The molecule has 9 heteroatoms. The summed E-state index contributed by atoms with van der Waals surface area (Å²) in [5, 5.41) is 11.2. The van der Waals surface area contributed by atoms with Crippen LogP contribution in [0.1, 0.15) is 37.3 Å². The van der Waals surface area contributed by atoms with Crippen LogP contribution in [0.15, 0.2) is 72.8 Å².